The van der Waals surface area contributed by atoms with Gasteiger partial charge in [-0.25, -0.2) is 16.8 Å². The van der Waals surface area contributed by atoms with Gasteiger partial charge in [-0.3, -0.25) is 0 Å². The van der Waals surface area contributed by atoms with E-state index < -0.39 is 15.8 Å². The van der Waals surface area contributed by atoms with Gasteiger partial charge in [-0.05, 0) is 43.3 Å². The maximum absolute atomic E-state index is 13.4. The van der Waals surface area contributed by atoms with Gasteiger partial charge >= 0.3 is 0 Å². The summed E-state index contributed by atoms with van der Waals surface area (Å²) in [5, 5.41) is 0. The van der Waals surface area contributed by atoms with Crippen molar-refractivity contribution >= 4 is 10.0 Å². The van der Waals surface area contributed by atoms with E-state index in [1.54, 1.807) is 48.5 Å². The van der Waals surface area contributed by atoms with Gasteiger partial charge < -0.3 is 0 Å². The fourth-order valence-corrected chi connectivity index (χ4v) is 3.63. The highest BCUT2D eigenvalue weighted by Gasteiger charge is 2.19. The Hall–Kier alpha value is -2.40. The van der Waals surface area contributed by atoms with E-state index >= 15 is 0 Å². The van der Waals surface area contributed by atoms with Crippen LogP contribution >= 0.6 is 0 Å². The molecule has 0 atom stereocenters. The Labute approximate surface area is 128 Å². The summed E-state index contributed by atoms with van der Waals surface area (Å²) in [5.74, 6) is -0.405. The van der Waals surface area contributed by atoms with Crippen molar-refractivity contribution in [2.24, 2.45) is 0 Å². The largest absolute Gasteiger partial charge is 0.268 e. The third-order valence-electron chi connectivity index (χ3n) is 3.41. The van der Waals surface area contributed by atoms with Crippen molar-refractivity contribution in [1.29, 1.82) is 0 Å². The minimum Gasteiger partial charge on any atom is -0.241 e. The molecule has 0 amide bonds. The molecular formula is C17H14FNO2S. The van der Waals surface area contributed by atoms with Crippen molar-refractivity contribution in [3.63, 3.8) is 0 Å². The van der Waals surface area contributed by atoms with Crippen molar-refractivity contribution < 1.29 is 12.8 Å². The Balaban J connectivity index is 2.14. The fourth-order valence-electron chi connectivity index (χ4n) is 2.27. The zero-order valence-electron chi connectivity index (χ0n) is 11.9. The molecule has 0 aliphatic rings. The lowest BCUT2D eigenvalue weighted by molar-refractivity contribution is 0.588. The number of hydrogen-bond donors (Lipinski definition) is 0. The molecule has 0 saturated carbocycles. The van der Waals surface area contributed by atoms with Gasteiger partial charge in [0.1, 0.15) is 5.82 Å². The Morgan fingerprint density at radius 3 is 2.36 bits per heavy atom. The first-order valence-electron chi connectivity index (χ1n) is 6.74. The van der Waals surface area contributed by atoms with Crippen molar-refractivity contribution in [1.82, 2.24) is 3.97 Å². The lowest BCUT2D eigenvalue weighted by Gasteiger charge is -2.11. The van der Waals surface area contributed by atoms with E-state index in [1.165, 1.54) is 22.3 Å². The molecule has 22 heavy (non-hydrogen) atoms. The number of hydrogen-bond acceptors (Lipinski definition) is 2. The minimum absolute atomic E-state index is 0.201. The second kappa shape index (κ2) is 5.42. The Kier molecular flexibility index (Phi) is 3.58. The molecule has 0 N–H and O–H groups in total. The van der Waals surface area contributed by atoms with Gasteiger partial charge in [0.05, 0.1) is 10.6 Å². The zero-order valence-corrected chi connectivity index (χ0v) is 12.7. The normalized spacial score (nSPS) is 11.5. The number of aryl methyl sites for hydroxylation is 1. The molecule has 0 bridgehead atoms. The Bertz CT molecular complexity index is 912. The smallest absolute Gasteiger partial charge is 0.241 e. The Morgan fingerprint density at radius 1 is 0.955 bits per heavy atom. The number of benzene rings is 2. The molecule has 0 unspecified atom stereocenters. The summed E-state index contributed by atoms with van der Waals surface area (Å²) >= 11 is 0. The number of aromatic nitrogens is 1. The number of rotatable bonds is 3. The molecule has 0 spiro atoms. The standard InChI is InChI=1S/C17H14FNO2S/c1-13-7-9-16(10-8-13)22(20,21)19-11-3-6-17(19)14-4-2-5-15(18)12-14/h2-12H,1H3. The molecule has 3 rings (SSSR count). The molecule has 1 aromatic heterocycles. The average molecular weight is 315 g/mol. The van der Waals surface area contributed by atoms with Gasteiger partial charge in [-0.15, -0.1) is 0 Å². The first-order valence-corrected chi connectivity index (χ1v) is 8.18. The molecule has 0 saturated heterocycles. The molecule has 5 heteroatoms. The van der Waals surface area contributed by atoms with Crippen molar-refractivity contribution in [2.45, 2.75) is 11.8 Å². The van der Waals surface area contributed by atoms with Crippen LogP contribution in [0, 0.1) is 12.7 Å². The summed E-state index contributed by atoms with van der Waals surface area (Å²) in [5.41, 5.74) is 1.93. The topological polar surface area (TPSA) is 39.1 Å². The maximum Gasteiger partial charge on any atom is 0.268 e. The van der Waals surface area contributed by atoms with Crippen molar-refractivity contribution in [3.8, 4) is 11.3 Å². The molecule has 1 heterocycles. The first-order chi connectivity index (χ1) is 10.5. The van der Waals surface area contributed by atoms with Crippen LogP contribution in [-0.4, -0.2) is 12.4 Å². The van der Waals surface area contributed by atoms with Gasteiger partial charge in [0, 0.05) is 11.8 Å². The van der Waals surface area contributed by atoms with Gasteiger partial charge in [0.2, 0.25) is 0 Å². The summed E-state index contributed by atoms with van der Waals surface area (Å²) in [6.07, 6.45) is 1.47. The first kappa shape index (κ1) is 14.5. The highest BCUT2D eigenvalue weighted by molar-refractivity contribution is 7.90. The molecule has 2 aromatic carbocycles. The summed E-state index contributed by atoms with van der Waals surface area (Å²) in [6.45, 7) is 1.89. The Morgan fingerprint density at radius 2 is 1.68 bits per heavy atom. The lowest BCUT2D eigenvalue weighted by Crippen LogP contribution is -2.13. The highest BCUT2D eigenvalue weighted by atomic mass is 32.2. The molecule has 0 radical (unpaired) electrons. The third kappa shape index (κ3) is 2.55. The van der Waals surface area contributed by atoms with Crippen LogP contribution in [0.1, 0.15) is 5.56 Å². The van der Waals surface area contributed by atoms with E-state index in [-0.39, 0.29) is 4.90 Å². The number of halogens is 1. The maximum atomic E-state index is 13.4. The fraction of sp³-hybridized carbons (Fsp3) is 0.0588. The summed E-state index contributed by atoms with van der Waals surface area (Å²) in [6, 6.07) is 15.8. The van der Waals surface area contributed by atoms with Crippen LogP contribution < -0.4 is 0 Å². The third-order valence-corrected chi connectivity index (χ3v) is 5.12. The van der Waals surface area contributed by atoms with Crippen LogP contribution in [0.25, 0.3) is 11.3 Å². The summed E-state index contributed by atoms with van der Waals surface area (Å²) in [7, 11) is -3.71. The lowest BCUT2D eigenvalue weighted by atomic mass is 10.1. The van der Waals surface area contributed by atoms with Gasteiger partial charge in [-0.2, -0.15) is 0 Å². The van der Waals surface area contributed by atoms with Gasteiger partial charge in [0.15, 0.2) is 0 Å². The zero-order chi connectivity index (χ0) is 15.7. The predicted molar refractivity (Wildman–Crippen MR) is 83.6 cm³/mol. The van der Waals surface area contributed by atoms with E-state index in [1.807, 2.05) is 6.92 Å². The van der Waals surface area contributed by atoms with Crippen LogP contribution in [-0.2, 0) is 10.0 Å². The monoisotopic (exact) mass is 315 g/mol. The molecule has 3 aromatic rings. The second-order valence-electron chi connectivity index (χ2n) is 5.02. The van der Waals surface area contributed by atoms with E-state index in [0.717, 1.165) is 5.56 Å². The minimum atomic E-state index is -3.71. The van der Waals surface area contributed by atoms with Crippen LogP contribution in [0.3, 0.4) is 0 Å². The van der Waals surface area contributed by atoms with Crippen LogP contribution in [0.4, 0.5) is 4.39 Å². The molecule has 112 valence electrons. The molecule has 0 aliphatic heterocycles. The summed E-state index contributed by atoms with van der Waals surface area (Å²) in [4.78, 5) is 0.201. The van der Waals surface area contributed by atoms with Crippen molar-refractivity contribution in [3.05, 3.63) is 78.2 Å². The van der Waals surface area contributed by atoms with E-state index in [0.29, 0.717) is 11.3 Å². The van der Waals surface area contributed by atoms with E-state index in [9.17, 15) is 12.8 Å². The van der Waals surface area contributed by atoms with Crippen LogP contribution in [0.15, 0.2) is 71.8 Å². The quantitative estimate of drug-likeness (QED) is 0.736. The van der Waals surface area contributed by atoms with Crippen molar-refractivity contribution in [2.75, 3.05) is 0 Å². The average Bonchev–Trinajstić information content (AvgIpc) is 2.98. The van der Waals surface area contributed by atoms with Gasteiger partial charge in [-0.1, -0.05) is 29.8 Å². The SMILES string of the molecule is Cc1ccc(S(=O)(=O)n2cccc2-c2cccc(F)c2)cc1. The van der Waals surface area contributed by atoms with E-state index in [2.05, 4.69) is 0 Å². The predicted octanol–water partition coefficient (Wildman–Crippen LogP) is 3.84. The van der Waals surface area contributed by atoms with Crippen LogP contribution in [0.5, 0.6) is 0 Å². The molecule has 0 fully saturated rings. The molecular weight excluding hydrogens is 301 g/mol. The summed E-state index contributed by atoms with van der Waals surface area (Å²) < 4.78 is 40.1. The van der Waals surface area contributed by atoms with E-state index in [4.69, 9.17) is 0 Å². The highest BCUT2D eigenvalue weighted by Crippen LogP contribution is 2.25. The van der Waals surface area contributed by atoms with Gasteiger partial charge in [0.25, 0.3) is 10.0 Å². The number of nitrogens with zero attached hydrogens (tertiary/aromatic N) is 1. The molecule has 3 nitrogen and oxygen atoms in total. The second-order valence-corrected chi connectivity index (χ2v) is 6.83. The van der Waals surface area contributed by atoms with Crippen LogP contribution in [0.2, 0.25) is 0 Å². The molecule has 0 aliphatic carbocycles.